The third-order valence-corrected chi connectivity index (χ3v) is 10.8. The van der Waals surface area contributed by atoms with Gasteiger partial charge < -0.3 is 34.5 Å². The molecule has 2 aromatic heterocycles. The van der Waals surface area contributed by atoms with Gasteiger partial charge in [0.2, 0.25) is 0 Å². The topological polar surface area (TPSA) is 296 Å². The van der Waals surface area contributed by atoms with Gasteiger partial charge in [-0.15, -0.1) is 0 Å². The zero-order valence-electron chi connectivity index (χ0n) is 28.4. The van der Waals surface area contributed by atoms with Crippen molar-refractivity contribution in [2.45, 2.75) is 104 Å². The molecule has 0 aliphatic carbocycles. The molecule has 0 saturated carbocycles. The van der Waals surface area contributed by atoms with Crippen LogP contribution in [0, 0.1) is 17.8 Å². The molecule has 7 atom stereocenters. The van der Waals surface area contributed by atoms with Crippen molar-refractivity contribution < 1.29 is 75.7 Å². The number of hydrogen-bond acceptors (Lipinski definition) is 15. The Labute approximate surface area is 288 Å². The summed E-state index contributed by atoms with van der Waals surface area (Å²) in [4.78, 5) is 76.0. The fourth-order valence-corrected chi connectivity index (χ4v) is 7.70. The minimum Gasteiger partial charge on any atom is -0.386 e. The molecule has 20 nitrogen and oxygen atoms in total. The van der Waals surface area contributed by atoms with Crippen molar-refractivity contribution in [2.24, 2.45) is 10.8 Å². The highest BCUT2D eigenvalue weighted by atomic mass is 31.3. The summed E-state index contributed by atoms with van der Waals surface area (Å²) in [6, 6.07) is 0. The van der Waals surface area contributed by atoms with Crippen LogP contribution in [0.3, 0.4) is 0 Å². The van der Waals surface area contributed by atoms with Crippen LogP contribution in [0.2, 0.25) is 0 Å². The third-order valence-electron chi connectivity index (χ3n) is 7.67. The van der Waals surface area contributed by atoms with Crippen molar-refractivity contribution in [3.63, 3.8) is 0 Å². The van der Waals surface area contributed by atoms with Gasteiger partial charge in [-0.1, -0.05) is 34.6 Å². The van der Waals surface area contributed by atoms with Gasteiger partial charge in [0.1, 0.15) is 42.0 Å². The Bertz CT molecular complexity index is 1660. The number of aliphatic hydroxyl groups excluding tert-OH is 2. The third kappa shape index (κ3) is 12.4. The molecule has 1 aliphatic heterocycles. The Morgan fingerprint density at radius 1 is 0.980 bits per heavy atom. The number of phosphoric acid groups is 3. The molecule has 0 radical (unpaired) electrons. The van der Waals surface area contributed by atoms with Crippen LogP contribution in [0.5, 0.6) is 0 Å². The molecule has 0 spiro atoms. The van der Waals surface area contributed by atoms with Crippen molar-refractivity contribution >= 4 is 46.2 Å². The van der Waals surface area contributed by atoms with Crippen LogP contribution in [0.4, 0.5) is 0 Å². The smallest absolute Gasteiger partial charge is 0.386 e. The maximum absolute atomic E-state index is 12.6. The first-order chi connectivity index (χ1) is 22.8. The van der Waals surface area contributed by atoms with E-state index in [9.17, 15) is 53.1 Å². The van der Waals surface area contributed by atoms with E-state index in [1.807, 2.05) is 20.8 Å². The van der Waals surface area contributed by atoms with E-state index in [0.717, 1.165) is 0 Å². The van der Waals surface area contributed by atoms with Gasteiger partial charge in [-0.05, 0) is 25.2 Å². The van der Waals surface area contributed by atoms with E-state index < -0.39 is 78.5 Å². The average molecular weight is 775 g/mol. The van der Waals surface area contributed by atoms with E-state index in [4.69, 9.17) is 13.8 Å². The molecule has 0 bridgehead atoms. The molecule has 0 amide bonds. The summed E-state index contributed by atoms with van der Waals surface area (Å²) < 4.78 is 62.3. The SMILES string of the molecule is Cc1ncnc2c1ncn2C1OC(COP(=O)(O)OP(=O)(O)OCC(C)(C)C(O)C(=O)CCCC(=O)CCC(C)(C)C)C(OP(=O)(O)O)C1O. The highest BCUT2D eigenvalue weighted by Crippen LogP contribution is 2.61. The Morgan fingerprint density at radius 2 is 1.62 bits per heavy atom. The van der Waals surface area contributed by atoms with Crippen LogP contribution in [0.25, 0.3) is 11.2 Å². The molecular formula is C27H45N4O16P3. The molecule has 6 N–H and O–H groups in total. The lowest BCUT2D eigenvalue weighted by molar-refractivity contribution is -0.134. The molecule has 50 heavy (non-hydrogen) atoms. The number of imidazole rings is 1. The second kappa shape index (κ2) is 16.4. The number of carbonyl (C=O) groups is 2. The van der Waals surface area contributed by atoms with Crippen LogP contribution in [-0.4, -0.2) is 98.5 Å². The Hall–Kier alpha value is -1.86. The first-order valence-corrected chi connectivity index (χ1v) is 19.9. The second-order valence-electron chi connectivity index (χ2n) is 13.8. The van der Waals surface area contributed by atoms with Crippen molar-refractivity contribution in [1.82, 2.24) is 19.5 Å². The number of aromatic nitrogens is 4. The molecule has 1 fully saturated rings. The number of nitrogens with zero attached hydrogens (tertiary/aromatic N) is 4. The highest BCUT2D eigenvalue weighted by molar-refractivity contribution is 7.61. The number of ketones is 2. The summed E-state index contributed by atoms with van der Waals surface area (Å²) in [5.74, 6) is -0.668. The van der Waals surface area contributed by atoms with E-state index in [0.29, 0.717) is 24.1 Å². The van der Waals surface area contributed by atoms with Crippen molar-refractivity contribution in [3.8, 4) is 0 Å². The Balaban J connectivity index is 1.58. The number of rotatable bonds is 19. The first-order valence-electron chi connectivity index (χ1n) is 15.4. The molecule has 7 unspecified atom stereocenters. The van der Waals surface area contributed by atoms with Crippen LogP contribution in [-0.2, 0) is 45.9 Å². The van der Waals surface area contributed by atoms with E-state index >= 15 is 0 Å². The number of Topliss-reactive ketones (excluding diaryl/α,β-unsaturated/α-hetero) is 2. The van der Waals surface area contributed by atoms with Gasteiger partial charge in [0.25, 0.3) is 0 Å². The van der Waals surface area contributed by atoms with Crippen LogP contribution >= 0.6 is 23.5 Å². The van der Waals surface area contributed by atoms with Gasteiger partial charge >= 0.3 is 23.5 Å². The molecule has 23 heteroatoms. The molecule has 284 valence electrons. The summed E-state index contributed by atoms with van der Waals surface area (Å²) >= 11 is 0. The van der Waals surface area contributed by atoms with Crippen LogP contribution in [0.15, 0.2) is 12.7 Å². The first kappa shape index (κ1) is 42.6. The van der Waals surface area contributed by atoms with Gasteiger partial charge in [0.05, 0.1) is 25.2 Å². The quantitative estimate of drug-likeness (QED) is 0.112. The lowest BCUT2D eigenvalue weighted by Crippen LogP contribution is -2.39. The molecular weight excluding hydrogens is 729 g/mol. The maximum Gasteiger partial charge on any atom is 0.481 e. The summed E-state index contributed by atoms with van der Waals surface area (Å²) in [5, 5.41) is 21.5. The fourth-order valence-electron chi connectivity index (χ4n) is 4.87. The van der Waals surface area contributed by atoms with Crippen LogP contribution in [0.1, 0.15) is 78.6 Å². The number of carbonyl (C=O) groups excluding carboxylic acids is 2. The number of phosphoric ester groups is 3. The minimum atomic E-state index is -5.51. The van der Waals surface area contributed by atoms with Crippen molar-refractivity contribution in [3.05, 3.63) is 18.3 Å². The van der Waals surface area contributed by atoms with Gasteiger partial charge in [0, 0.05) is 24.7 Å². The van der Waals surface area contributed by atoms with Gasteiger partial charge in [-0.3, -0.25) is 27.7 Å². The monoisotopic (exact) mass is 774 g/mol. The Morgan fingerprint density at radius 3 is 2.24 bits per heavy atom. The molecule has 3 rings (SSSR count). The standard InChI is InChI=1S/C27H45N4O16P3/c1-16-20-24(29-14-28-16)31(15-30-20)25-21(34)22(46-48(36,37)38)19(45-25)12-43-49(39,40)47-50(41,42)44-13-27(5,6)23(35)18(33)9-7-8-17(32)10-11-26(2,3)4/h14-15,19,21-23,25,34-35H,7-13H2,1-6H3,(H,39,40)(H,41,42)(H2,36,37,38). The summed E-state index contributed by atoms with van der Waals surface area (Å²) in [6.45, 7) is 8.43. The lowest BCUT2D eigenvalue weighted by Gasteiger charge is -2.30. The number of ether oxygens (including phenoxy) is 1. The number of hydrogen-bond donors (Lipinski definition) is 6. The predicted octanol–water partition coefficient (Wildman–Crippen LogP) is 2.64. The zero-order chi connectivity index (χ0) is 37.9. The summed E-state index contributed by atoms with van der Waals surface area (Å²) in [7, 11) is -16.2. The van der Waals surface area contributed by atoms with Crippen LogP contribution < -0.4 is 0 Å². The largest absolute Gasteiger partial charge is 0.481 e. The molecule has 3 heterocycles. The molecule has 2 aromatic rings. The minimum absolute atomic E-state index is 0.0175. The normalized spacial score (nSPS) is 23.4. The zero-order valence-corrected chi connectivity index (χ0v) is 31.1. The van der Waals surface area contributed by atoms with Crippen molar-refractivity contribution in [1.29, 1.82) is 0 Å². The maximum atomic E-state index is 12.6. The summed E-state index contributed by atoms with van der Waals surface area (Å²) in [6.07, 6.45) is -4.84. The highest BCUT2D eigenvalue weighted by Gasteiger charge is 2.50. The molecule has 1 saturated heterocycles. The van der Waals surface area contributed by atoms with E-state index in [1.54, 1.807) is 6.92 Å². The number of fused-ring (bicyclic) bond motifs is 1. The van der Waals surface area contributed by atoms with E-state index in [-0.39, 0.29) is 36.1 Å². The average Bonchev–Trinajstić information content (AvgIpc) is 3.53. The second-order valence-corrected chi connectivity index (χ2v) is 18.0. The number of aryl methyl sites for hydroxylation is 1. The van der Waals surface area contributed by atoms with Gasteiger partial charge in [0.15, 0.2) is 17.7 Å². The predicted molar refractivity (Wildman–Crippen MR) is 172 cm³/mol. The molecule has 1 aliphatic rings. The van der Waals surface area contributed by atoms with E-state index in [2.05, 4.69) is 23.8 Å². The lowest BCUT2D eigenvalue weighted by atomic mass is 9.83. The summed E-state index contributed by atoms with van der Waals surface area (Å²) in [5.41, 5.74) is -0.552. The van der Waals surface area contributed by atoms with Crippen molar-refractivity contribution in [2.75, 3.05) is 13.2 Å². The van der Waals surface area contributed by atoms with Gasteiger partial charge in [-0.25, -0.2) is 28.6 Å². The Kier molecular flexibility index (Phi) is 14.0. The van der Waals surface area contributed by atoms with E-state index in [1.165, 1.54) is 31.1 Å². The van der Waals surface area contributed by atoms with Gasteiger partial charge in [-0.2, -0.15) is 4.31 Å². The fraction of sp³-hybridized carbons (Fsp3) is 0.741. The number of aliphatic hydroxyl groups is 2. The molecule has 0 aromatic carbocycles.